The number of piperidine rings is 1. The van der Waals surface area contributed by atoms with Gasteiger partial charge in [-0.3, -0.25) is 0 Å². The van der Waals surface area contributed by atoms with Gasteiger partial charge in [-0.15, -0.1) is 0 Å². The van der Waals surface area contributed by atoms with E-state index in [1.165, 1.54) is 73.7 Å². The predicted molar refractivity (Wildman–Crippen MR) is 147 cm³/mol. The largest absolute Gasteiger partial charge is 0.391 e. The molecule has 5 fully saturated rings. The van der Waals surface area contributed by atoms with E-state index < -0.39 is 0 Å². The highest BCUT2D eigenvalue weighted by molar-refractivity contribution is 5.56. The number of hydrogen-bond donors (Lipinski definition) is 1. The fraction of sp³-hybridized carbons (Fsp3) is 0.636. The summed E-state index contributed by atoms with van der Waals surface area (Å²) >= 11 is 0. The van der Waals surface area contributed by atoms with Crippen LogP contribution in [0.2, 0.25) is 0 Å². The van der Waals surface area contributed by atoms with E-state index in [4.69, 9.17) is 0 Å². The first-order chi connectivity index (χ1) is 17.6. The molecule has 4 saturated carbocycles. The summed E-state index contributed by atoms with van der Waals surface area (Å²) in [7, 11) is 0. The molecule has 0 unspecified atom stereocenters. The van der Waals surface area contributed by atoms with Crippen LogP contribution in [0, 0.1) is 29.1 Å². The van der Waals surface area contributed by atoms with Crippen molar-refractivity contribution in [1.82, 2.24) is 4.90 Å². The Morgan fingerprint density at radius 2 is 1.36 bits per heavy atom. The van der Waals surface area contributed by atoms with E-state index in [9.17, 15) is 5.11 Å². The van der Waals surface area contributed by atoms with Crippen LogP contribution in [0.5, 0.6) is 0 Å². The van der Waals surface area contributed by atoms with Crippen molar-refractivity contribution in [2.75, 3.05) is 31.1 Å². The number of likely N-dealkylation sites (tertiary alicyclic amines) is 1. The second-order valence-electron chi connectivity index (χ2n) is 13.3. The molecular weight excluding hydrogens is 440 g/mol. The van der Waals surface area contributed by atoms with Crippen LogP contribution in [-0.4, -0.2) is 42.3 Å². The minimum absolute atomic E-state index is 0.111. The summed E-state index contributed by atoms with van der Waals surface area (Å²) < 4.78 is 0. The quantitative estimate of drug-likeness (QED) is 0.557. The van der Waals surface area contributed by atoms with Crippen LogP contribution in [0.3, 0.4) is 0 Å². The highest BCUT2D eigenvalue weighted by atomic mass is 16.3. The molecule has 8 rings (SSSR count). The fourth-order valence-corrected chi connectivity index (χ4v) is 9.40. The molecule has 1 saturated heterocycles. The van der Waals surface area contributed by atoms with E-state index >= 15 is 0 Å². The van der Waals surface area contributed by atoms with Gasteiger partial charge < -0.3 is 14.9 Å². The maximum Gasteiger partial charge on any atom is 0.0723 e. The highest BCUT2D eigenvalue weighted by Crippen LogP contribution is 2.61. The first kappa shape index (κ1) is 23.3. The summed E-state index contributed by atoms with van der Waals surface area (Å²) in [4.78, 5) is 5.29. The van der Waals surface area contributed by atoms with Gasteiger partial charge in [-0.1, -0.05) is 42.5 Å². The zero-order chi connectivity index (χ0) is 24.1. The summed E-state index contributed by atoms with van der Waals surface area (Å²) in [6.07, 6.45) is 13.0. The number of anilines is 1. The molecule has 0 radical (unpaired) electrons. The Balaban J connectivity index is 0.993. The van der Waals surface area contributed by atoms with Crippen molar-refractivity contribution in [2.45, 2.75) is 76.9 Å². The number of aliphatic hydroxyl groups excluding tert-OH is 1. The van der Waals surface area contributed by atoms with Gasteiger partial charge in [0.1, 0.15) is 0 Å². The van der Waals surface area contributed by atoms with E-state index in [1.807, 2.05) is 0 Å². The standard InChI is InChI=1S/C33H44N2O/c36-32(33-18-25-15-26(19-33)17-27(16-25)20-33)23-34-13-11-24(12-14-34)21-35-22-30-7-2-1-5-28(30)9-10-29-6-3-4-8-31(29)35/h1-8,24-27,32,36H,9-23H2/t25?,26?,27?,32-,33?/m0/s1. The van der Waals surface area contributed by atoms with E-state index in [-0.39, 0.29) is 11.5 Å². The van der Waals surface area contributed by atoms with Crippen molar-refractivity contribution in [3.8, 4) is 0 Å². The van der Waals surface area contributed by atoms with Gasteiger partial charge in [0.15, 0.2) is 0 Å². The molecule has 2 heterocycles. The summed E-state index contributed by atoms with van der Waals surface area (Å²) in [5.41, 5.74) is 6.23. The molecule has 0 amide bonds. The van der Waals surface area contributed by atoms with Gasteiger partial charge in [0.25, 0.3) is 0 Å². The molecule has 0 spiro atoms. The number of fused-ring (bicyclic) bond motifs is 2. The number of rotatable bonds is 5. The molecule has 1 atom stereocenters. The van der Waals surface area contributed by atoms with Crippen LogP contribution < -0.4 is 4.90 Å². The lowest BCUT2D eigenvalue weighted by Gasteiger charge is -2.59. The molecule has 0 aromatic heterocycles. The number of benzene rings is 2. The molecule has 1 N–H and O–H groups in total. The molecule has 2 aromatic carbocycles. The van der Waals surface area contributed by atoms with Gasteiger partial charge in [-0.2, -0.15) is 0 Å². The molecular formula is C33H44N2O. The number of hydrogen-bond acceptors (Lipinski definition) is 3. The Hall–Kier alpha value is -1.84. The molecule has 3 nitrogen and oxygen atoms in total. The van der Waals surface area contributed by atoms with Crippen molar-refractivity contribution in [3.05, 3.63) is 65.2 Å². The third-order valence-electron chi connectivity index (χ3n) is 10.9. The van der Waals surface area contributed by atoms with Gasteiger partial charge in [-0.25, -0.2) is 0 Å². The topological polar surface area (TPSA) is 26.7 Å². The summed E-state index contributed by atoms with van der Waals surface area (Å²) in [6.45, 7) is 5.40. The molecule has 4 aliphatic carbocycles. The summed E-state index contributed by atoms with van der Waals surface area (Å²) in [5.74, 6) is 3.49. The van der Waals surface area contributed by atoms with Crippen LogP contribution in [0.4, 0.5) is 5.69 Å². The molecule has 192 valence electrons. The Morgan fingerprint density at radius 3 is 2.06 bits per heavy atom. The van der Waals surface area contributed by atoms with Gasteiger partial charge in [-0.05, 0) is 129 Å². The third kappa shape index (κ3) is 4.41. The van der Waals surface area contributed by atoms with E-state index in [0.717, 1.165) is 69.2 Å². The first-order valence-corrected chi connectivity index (χ1v) is 14.9. The third-order valence-corrected chi connectivity index (χ3v) is 10.9. The smallest absolute Gasteiger partial charge is 0.0723 e. The molecule has 2 aromatic rings. The second kappa shape index (κ2) is 9.48. The van der Waals surface area contributed by atoms with Crippen molar-refractivity contribution < 1.29 is 5.11 Å². The predicted octanol–water partition coefficient (Wildman–Crippen LogP) is 6.08. The molecule has 4 bridgehead atoms. The average molecular weight is 485 g/mol. The lowest BCUT2D eigenvalue weighted by atomic mass is 9.48. The fourth-order valence-electron chi connectivity index (χ4n) is 9.40. The normalized spacial score (nSPS) is 33.0. The van der Waals surface area contributed by atoms with Gasteiger partial charge in [0, 0.05) is 25.3 Å². The Bertz CT molecular complexity index is 1040. The zero-order valence-corrected chi connectivity index (χ0v) is 22.0. The maximum atomic E-state index is 11.5. The molecule has 6 aliphatic rings. The minimum Gasteiger partial charge on any atom is -0.391 e. The van der Waals surface area contributed by atoms with E-state index in [0.29, 0.717) is 0 Å². The van der Waals surface area contributed by atoms with Crippen LogP contribution >= 0.6 is 0 Å². The number of aryl methyl sites for hydroxylation is 2. The number of nitrogens with zero attached hydrogens (tertiary/aromatic N) is 2. The van der Waals surface area contributed by atoms with Crippen LogP contribution in [-0.2, 0) is 19.4 Å². The molecule has 36 heavy (non-hydrogen) atoms. The Kier molecular flexibility index (Phi) is 6.13. The van der Waals surface area contributed by atoms with Gasteiger partial charge in [0.2, 0.25) is 0 Å². The lowest BCUT2D eigenvalue weighted by Crippen LogP contribution is -2.55. The first-order valence-electron chi connectivity index (χ1n) is 14.9. The minimum atomic E-state index is -0.111. The number of β-amino-alcohol motifs (C(OH)–C–C–N with tert-alkyl or cyclic N) is 1. The van der Waals surface area contributed by atoms with Crippen LogP contribution in [0.1, 0.15) is 68.1 Å². The maximum absolute atomic E-state index is 11.5. The molecule has 2 aliphatic heterocycles. The SMILES string of the molecule is O[C@@H](CN1CCC(CN2Cc3ccccc3CCc3ccccc32)CC1)C12CC3CC(CC(C3)C1)C2. The summed E-state index contributed by atoms with van der Waals surface area (Å²) in [6, 6.07) is 18.2. The monoisotopic (exact) mass is 484 g/mol. The highest BCUT2D eigenvalue weighted by Gasteiger charge is 2.54. The number of para-hydroxylation sites is 1. The van der Waals surface area contributed by atoms with E-state index in [2.05, 4.69) is 58.3 Å². The molecule has 3 heteroatoms. The van der Waals surface area contributed by atoms with Crippen molar-refractivity contribution in [3.63, 3.8) is 0 Å². The Morgan fingerprint density at radius 1 is 0.778 bits per heavy atom. The van der Waals surface area contributed by atoms with Gasteiger partial charge in [0.05, 0.1) is 6.10 Å². The number of aliphatic hydroxyl groups is 1. The zero-order valence-electron chi connectivity index (χ0n) is 22.0. The van der Waals surface area contributed by atoms with Gasteiger partial charge >= 0.3 is 0 Å². The van der Waals surface area contributed by atoms with Crippen LogP contribution in [0.15, 0.2) is 48.5 Å². The van der Waals surface area contributed by atoms with Crippen molar-refractivity contribution >= 4 is 5.69 Å². The van der Waals surface area contributed by atoms with E-state index in [1.54, 1.807) is 0 Å². The van der Waals surface area contributed by atoms with Crippen molar-refractivity contribution in [1.29, 1.82) is 0 Å². The lowest BCUT2D eigenvalue weighted by molar-refractivity contribution is -0.127. The van der Waals surface area contributed by atoms with Crippen LogP contribution in [0.25, 0.3) is 0 Å². The second-order valence-corrected chi connectivity index (χ2v) is 13.3. The Labute approximate surface area is 217 Å². The average Bonchev–Trinajstić information content (AvgIpc) is 2.87. The van der Waals surface area contributed by atoms with Crippen molar-refractivity contribution in [2.24, 2.45) is 29.1 Å². The summed E-state index contributed by atoms with van der Waals surface area (Å²) in [5, 5.41) is 11.5.